The van der Waals surface area contributed by atoms with E-state index >= 15 is 0 Å². The van der Waals surface area contributed by atoms with Crippen LogP contribution in [0.15, 0.2) is 0 Å². The second-order valence-electron chi connectivity index (χ2n) is 4.76. The quantitative estimate of drug-likeness (QED) is 0.679. The number of carbonyl (C=O) groups excluding carboxylic acids is 1. The molecule has 0 radical (unpaired) electrons. The lowest BCUT2D eigenvalue weighted by molar-refractivity contribution is -0.162. The van der Waals surface area contributed by atoms with Crippen LogP contribution in [-0.2, 0) is 9.53 Å². The van der Waals surface area contributed by atoms with E-state index in [0.717, 1.165) is 12.8 Å². The second-order valence-corrected chi connectivity index (χ2v) is 4.76. The van der Waals surface area contributed by atoms with Gasteiger partial charge in [0, 0.05) is 6.61 Å². The number of ether oxygens (including phenoxy) is 1. The molecule has 0 aliphatic heterocycles. The Morgan fingerprint density at radius 3 is 2.31 bits per heavy atom. The van der Waals surface area contributed by atoms with Gasteiger partial charge in [0.05, 0.1) is 5.41 Å². The topological polar surface area (TPSA) is 46.5 Å². The van der Waals surface area contributed by atoms with E-state index in [1.807, 2.05) is 20.8 Å². The molecule has 3 heteroatoms. The molecule has 13 heavy (non-hydrogen) atoms. The first-order chi connectivity index (χ1) is 5.90. The maximum atomic E-state index is 11.6. The van der Waals surface area contributed by atoms with Crippen LogP contribution in [0.5, 0.6) is 0 Å². The van der Waals surface area contributed by atoms with Crippen molar-refractivity contribution in [3.05, 3.63) is 0 Å². The summed E-state index contributed by atoms with van der Waals surface area (Å²) >= 11 is 0. The first kappa shape index (κ1) is 10.5. The van der Waals surface area contributed by atoms with Gasteiger partial charge in [0.1, 0.15) is 5.60 Å². The molecule has 76 valence electrons. The average molecular weight is 186 g/mol. The fourth-order valence-electron chi connectivity index (χ4n) is 1.31. The van der Waals surface area contributed by atoms with Crippen LogP contribution in [0, 0.1) is 5.41 Å². The van der Waals surface area contributed by atoms with Crippen LogP contribution in [0.4, 0.5) is 0 Å². The van der Waals surface area contributed by atoms with Gasteiger partial charge in [0.15, 0.2) is 0 Å². The summed E-state index contributed by atoms with van der Waals surface area (Å²) in [4.78, 5) is 11.6. The zero-order chi connectivity index (χ0) is 10.1. The monoisotopic (exact) mass is 186 g/mol. The Hall–Kier alpha value is -0.570. The van der Waals surface area contributed by atoms with Gasteiger partial charge in [-0.25, -0.2) is 0 Å². The molecule has 0 aromatic carbocycles. The molecule has 0 aromatic heterocycles. The minimum absolute atomic E-state index is 0.0687. The van der Waals surface area contributed by atoms with Crippen molar-refractivity contribution in [3.63, 3.8) is 0 Å². The molecule has 1 N–H and O–H groups in total. The zero-order valence-electron chi connectivity index (χ0n) is 8.59. The highest BCUT2D eigenvalue weighted by Crippen LogP contribution is 2.50. The summed E-state index contributed by atoms with van der Waals surface area (Å²) in [5.74, 6) is -0.144. The highest BCUT2D eigenvalue weighted by molar-refractivity contribution is 5.80. The van der Waals surface area contributed by atoms with Crippen molar-refractivity contribution in [2.24, 2.45) is 5.41 Å². The molecule has 1 saturated carbocycles. The third-order valence-electron chi connectivity index (χ3n) is 2.28. The maximum Gasteiger partial charge on any atom is 0.312 e. The van der Waals surface area contributed by atoms with Crippen molar-refractivity contribution in [1.82, 2.24) is 0 Å². The summed E-state index contributed by atoms with van der Waals surface area (Å²) in [5, 5.41) is 8.78. The number of esters is 1. The summed E-state index contributed by atoms with van der Waals surface area (Å²) in [7, 11) is 0. The summed E-state index contributed by atoms with van der Waals surface area (Å²) in [6, 6.07) is 0. The number of aliphatic hydroxyl groups is 1. The van der Waals surface area contributed by atoms with Crippen LogP contribution in [0.2, 0.25) is 0 Å². The standard InChI is InChI=1S/C10H18O3/c1-9(2,3)13-8(12)10(4-5-10)6-7-11/h11H,4-7H2,1-3H3. The largest absolute Gasteiger partial charge is 0.460 e. The van der Waals surface area contributed by atoms with Crippen LogP contribution in [0.1, 0.15) is 40.0 Å². The number of hydrogen-bond donors (Lipinski definition) is 1. The van der Waals surface area contributed by atoms with Crippen LogP contribution >= 0.6 is 0 Å². The highest BCUT2D eigenvalue weighted by Gasteiger charge is 2.51. The van der Waals surface area contributed by atoms with E-state index < -0.39 is 5.60 Å². The van der Waals surface area contributed by atoms with E-state index in [1.165, 1.54) is 0 Å². The van der Waals surface area contributed by atoms with Gasteiger partial charge in [-0.1, -0.05) is 0 Å². The molecule has 0 heterocycles. The van der Waals surface area contributed by atoms with Crippen molar-refractivity contribution in [3.8, 4) is 0 Å². The summed E-state index contributed by atoms with van der Waals surface area (Å²) in [6.45, 7) is 5.65. The maximum absolute atomic E-state index is 11.6. The van der Waals surface area contributed by atoms with Crippen LogP contribution in [0.3, 0.4) is 0 Å². The van der Waals surface area contributed by atoms with E-state index in [-0.39, 0.29) is 18.0 Å². The van der Waals surface area contributed by atoms with Gasteiger partial charge in [-0.2, -0.15) is 0 Å². The molecule has 1 aliphatic carbocycles. The smallest absolute Gasteiger partial charge is 0.312 e. The molecule has 0 spiro atoms. The molecule has 0 amide bonds. The normalized spacial score (nSPS) is 19.7. The first-order valence-corrected chi connectivity index (χ1v) is 4.74. The second kappa shape index (κ2) is 3.29. The van der Waals surface area contributed by atoms with Crippen LogP contribution in [-0.4, -0.2) is 23.3 Å². The molecule has 0 bridgehead atoms. The lowest BCUT2D eigenvalue weighted by atomic mass is 10.0. The molecule has 1 fully saturated rings. The Labute approximate surface area is 79.1 Å². The fourth-order valence-corrected chi connectivity index (χ4v) is 1.31. The molecular weight excluding hydrogens is 168 g/mol. The molecule has 3 nitrogen and oxygen atoms in total. The number of rotatable bonds is 3. The lowest BCUT2D eigenvalue weighted by Gasteiger charge is -2.23. The van der Waals surface area contributed by atoms with Crippen molar-refractivity contribution in [2.75, 3.05) is 6.61 Å². The minimum Gasteiger partial charge on any atom is -0.460 e. The van der Waals surface area contributed by atoms with E-state index in [9.17, 15) is 4.79 Å². The Balaban J connectivity index is 2.48. The van der Waals surface area contributed by atoms with Crippen molar-refractivity contribution in [1.29, 1.82) is 0 Å². The van der Waals surface area contributed by atoms with E-state index in [0.29, 0.717) is 6.42 Å². The first-order valence-electron chi connectivity index (χ1n) is 4.74. The Bertz CT molecular complexity index is 199. The molecule has 0 aromatic rings. The van der Waals surface area contributed by atoms with Gasteiger partial charge in [-0.15, -0.1) is 0 Å². The predicted octanol–water partition coefficient (Wildman–Crippen LogP) is 1.49. The third-order valence-corrected chi connectivity index (χ3v) is 2.28. The van der Waals surface area contributed by atoms with Gasteiger partial charge < -0.3 is 9.84 Å². The Kier molecular flexibility index (Phi) is 2.66. The molecule has 1 rings (SSSR count). The highest BCUT2D eigenvalue weighted by atomic mass is 16.6. The van der Waals surface area contributed by atoms with Gasteiger partial charge in [0.25, 0.3) is 0 Å². The van der Waals surface area contributed by atoms with Gasteiger partial charge in [0.2, 0.25) is 0 Å². The molecule has 0 unspecified atom stereocenters. The summed E-state index contributed by atoms with van der Waals surface area (Å²) in [5.41, 5.74) is -0.760. The molecule has 1 aliphatic rings. The minimum atomic E-state index is -0.415. The van der Waals surface area contributed by atoms with Gasteiger partial charge in [-0.3, -0.25) is 4.79 Å². The molecule has 0 atom stereocenters. The van der Waals surface area contributed by atoms with Crippen LogP contribution < -0.4 is 0 Å². The number of carbonyl (C=O) groups is 1. The summed E-state index contributed by atoms with van der Waals surface area (Å²) < 4.78 is 5.27. The predicted molar refractivity (Wildman–Crippen MR) is 49.2 cm³/mol. The number of hydrogen-bond acceptors (Lipinski definition) is 3. The lowest BCUT2D eigenvalue weighted by Crippen LogP contribution is -2.30. The van der Waals surface area contributed by atoms with Gasteiger partial charge in [-0.05, 0) is 40.0 Å². The average Bonchev–Trinajstić information content (AvgIpc) is 2.66. The Morgan fingerprint density at radius 2 is 2.00 bits per heavy atom. The van der Waals surface area contributed by atoms with Gasteiger partial charge >= 0.3 is 5.97 Å². The van der Waals surface area contributed by atoms with Crippen molar-refractivity contribution >= 4 is 5.97 Å². The van der Waals surface area contributed by atoms with Crippen molar-refractivity contribution < 1.29 is 14.6 Å². The van der Waals surface area contributed by atoms with Crippen LogP contribution in [0.25, 0.3) is 0 Å². The van der Waals surface area contributed by atoms with E-state index in [4.69, 9.17) is 9.84 Å². The molecular formula is C10H18O3. The Morgan fingerprint density at radius 1 is 1.46 bits per heavy atom. The fraction of sp³-hybridized carbons (Fsp3) is 0.900. The summed E-state index contributed by atoms with van der Waals surface area (Å²) in [6.07, 6.45) is 2.27. The third kappa shape index (κ3) is 2.69. The molecule has 0 saturated heterocycles. The zero-order valence-corrected chi connectivity index (χ0v) is 8.59. The SMILES string of the molecule is CC(C)(C)OC(=O)C1(CCO)CC1. The van der Waals surface area contributed by atoms with Crippen molar-refractivity contribution in [2.45, 2.75) is 45.6 Å². The van der Waals surface area contributed by atoms with E-state index in [1.54, 1.807) is 0 Å². The number of aliphatic hydroxyl groups excluding tert-OH is 1. The van der Waals surface area contributed by atoms with E-state index in [2.05, 4.69) is 0 Å².